The molecular formula is C12H17ClF2O. The fourth-order valence-corrected chi connectivity index (χ4v) is 1.48. The van der Waals surface area contributed by atoms with Gasteiger partial charge in [0.15, 0.2) is 0 Å². The first-order valence-corrected chi connectivity index (χ1v) is 5.61. The minimum absolute atomic E-state index is 0.00139. The molecule has 0 aliphatic rings. The standard InChI is InChI=1S/C10H11ClF2O.C2H6/c1-5(2)6-3-8(11)7(10(12)13)4-9(6)14;1-2/h3-5,10,14H,1-2H3;1-2H3. The van der Waals surface area contributed by atoms with Crippen LogP contribution in [0.5, 0.6) is 5.75 Å². The van der Waals surface area contributed by atoms with E-state index < -0.39 is 6.43 Å². The molecule has 4 heteroatoms. The highest BCUT2D eigenvalue weighted by atomic mass is 35.5. The van der Waals surface area contributed by atoms with Gasteiger partial charge in [0, 0.05) is 10.6 Å². The SMILES string of the molecule is CC.CC(C)c1cc(Cl)c(C(F)F)cc1O. The van der Waals surface area contributed by atoms with Gasteiger partial charge in [-0.2, -0.15) is 0 Å². The normalized spacial score (nSPS) is 10.3. The number of aromatic hydroxyl groups is 1. The Morgan fingerprint density at radius 2 is 1.62 bits per heavy atom. The van der Waals surface area contributed by atoms with Crippen LogP contribution >= 0.6 is 11.6 Å². The molecule has 0 unspecified atom stereocenters. The van der Waals surface area contributed by atoms with Gasteiger partial charge >= 0.3 is 0 Å². The molecule has 1 aromatic rings. The van der Waals surface area contributed by atoms with E-state index in [1.54, 1.807) is 0 Å². The molecule has 0 aliphatic heterocycles. The fourth-order valence-electron chi connectivity index (χ4n) is 1.22. The summed E-state index contributed by atoms with van der Waals surface area (Å²) in [5.74, 6) is -0.0704. The van der Waals surface area contributed by atoms with Crippen molar-refractivity contribution >= 4 is 11.6 Å². The van der Waals surface area contributed by atoms with Gasteiger partial charge in [-0.3, -0.25) is 0 Å². The van der Waals surface area contributed by atoms with Crippen molar-refractivity contribution in [1.82, 2.24) is 0 Å². The Morgan fingerprint density at radius 1 is 1.12 bits per heavy atom. The molecule has 1 nitrogen and oxygen atoms in total. The van der Waals surface area contributed by atoms with Crippen molar-refractivity contribution in [2.75, 3.05) is 0 Å². The second-order valence-corrected chi connectivity index (χ2v) is 3.80. The van der Waals surface area contributed by atoms with E-state index in [4.69, 9.17) is 11.6 Å². The predicted octanol–water partition coefficient (Wildman–Crippen LogP) is 5.13. The molecule has 0 heterocycles. The molecule has 0 saturated carbocycles. The van der Waals surface area contributed by atoms with Crippen LogP contribution in [0.25, 0.3) is 0 Å². The first-order valence-electron chi connectivity index (χ1n) is 5.24. The van der Waals surface area contributed by atoms with Gasteiger partial charge in [-0.05, 0) is 23.6 Å². The van der Waals surface area contributed by atoms with Gasteiger partial charge in [0.2, 0.25) is 0 Å². The van der Waals surface area contributed by atoms with Crippen molar-refractivity contribution in [1.29, 1.82) is 0 Å². The molecule has 0 fully saturated rings. The second-order valence-electron chi connectivity index (χ2n) is 3.39. The van der Waals surface area contributed by atoms with Crippen molar-refractivity contribution in [2.24, 2.45) is 0 Å². The van der Waals surface area contributed by atoms with Crippen LogP contribution in [0.15, 0.2) is 12.1 Å². The Bertz CT molecular complexity index is 304. The highest BCUT2D eigenvalue weighted by Gasteiger charge is 2.16. The number of halogens is 3. The first kappa shape index (κ1) is 15.2. The topological polar surface area (TPSA) is 20.2 Å². The Balaban J connectivity index is 0.00000106. The van der Waals surface area contributed by atoms with E-state index >= 15 is 0 Å². The number of alkyl halides is 2. The summed E-state index contributed by atoms with van der Waals surface area (Å²) in [6.45, 7) is 7.71. The molecule has 0 bridgehead atoms. The van der Waals surface area contributed by atoms with Crippen LogP contribution in [0.4, 0.5) is 8.78 Å². The summed E-state index contributed by atoms with van der Waals surface area (Å²) < 4.78 is 24.7. The molecular weight excluding hydrogens is 234 g/mol. The number of benzene rings is 1. The second kappa shape index (κ2) is 6.69. The lowest BCUT2D eigenvalue weighted by atomic mass is 10.0. The predicted molar refractivity (Wildman–Crippen MR) is 63.5 cm³/mol. The Labute approximate surface area is 100 Å². The maximum absolute atomic E-state index is 12.3. The average molecular weight is 251 g/mol. The third-order valence-corrected chi connectivity index (χ3v) is 2.33. The van der Waals surface area contributed by atoms with E-state index in [1.165, 1.54) is 6.07 Å². The van der Waals surface area contributed by atoms with E-state index in [9.17, 15) is 13.9 Å². The summed E-state index contributed by atoms with van der Waals surface area (Å²) in [4.78, 5) is 0. The molecule has 0 amide bonds. The summed E-state index contributed by atoms with van der Waals surface area (Å²) >= 11 is 5.65. The van der Waals surface area contributed by atoms with E-state index in [0.717, 1.165) is 6.07 Å². The molecule has 0 spiro atoms. The van der Waals surface area contributed by atoms with Gasteiger partial charge < -0.3 is 5.11 Å². The number of hydrogen-bond acceptors (Lipinski definition) is 1. The lowest BCUT2D eigenvalue weighted by Gasteiger charge is -2.11. The molecule has 0 aliphatic carbocycles. The molecule has 16 heavy (non-hydrogen) atoms. The third-order valence-electron chi connectivity index (χ3n) is 2.00. The summed E-state index contributed by atoms with van der Waals surface area (Å²) in [6, 6.07) is 2.42. The molecule has 0 saturated heterocycles. The number of hydrogen-bond donors (Lipinski definition) is 1. The Hall–Kier alpha value is -0.830. The van der Waals surface area contributed by atoms with Gasteiger partial charge in [-0.1, -0.05) is 39.3 Å². The number of phenolic OH excluding ortho intramolecular Hbond substituents is 1. The van der Waals surface area contributed by atoms with Crippen molar-refractivity contribution in [2.45, 2.75) is 40.0 Å². The average Bonchev–Trinajstić information content (AvgIpc) is 2.23. The first-order chi connectivity index (χ1) is 7.43. The molecule has 0 atom stereocenters. The lowest BCUT2D eigenvalue weighted by molar-refractivity contribution is 0.151. The van der Waals surface area contributed by atoms with E-state index in [2.05, 4.69) is 0 Å². The zero-order valence-corrected chi connectivity index (χ0v) is 10.6. The third kappa shape index (κ3) is 3.63. The van der Waals surface area contributed by atoms with Crippen LogP contribution in [-0.4, -0.2) is 5.11 Å². The smallest absolute Gasteiger partial charge is 0.265 e. The lowest BCUT2D eigenvalue weighted by Crippen LogP contribution is -1.93. The van der Waals surface area contributed by atoms with Crippen molar-refractivity contribution in [3.05, 3.63) is 28.3 Å². The van der Waals surface area contributed by atoms with Gasteiger partial charge in [-0.25, -0.2) is 8.78 Å². The van der Waals surface area contributed by atoms with Gasteiger partial charge in [0.05, 0.1) is 0 Å². The van der Waals surface area contributed by atoms with Gasteiger partial charge in [0.25, 0.3) is 6.43 Å². The van der Waals surface area contributed by atoms with Crippen LogP contribution in [0, 0.1) is 0 Å². The number of rotatable bonds is 2. The monoisotopic (exact) mass is 250 g/mol. The molecule has 1 rings (SSSR count). The van der Waals surface area contributed by atoms with Crippen LogP contribution in [0.1, 0.15) is 51.2 Å². The number of phenols is 1. The van der Waals surface area contributed by atoms with E-state index in [1.807, 2.05) is 27.7 Å². The summed E-state index contributed by atoms with van der Waals surface area (Å²) in [5, 5.41) is 9.44. The van der Waals surface area contributed by atoms with Crippen molar-refractivity contribution in [3.63, 3.8) is 0 Å². The van der Waals surface area contributed by atoms with Crippen LogP contribution < -0.4 is 0 Å². The zero-order chi connectivity index (χ0) is 12.9. The van der Waals surface area contributed by atoms with Crippen molar-refractivity contribution in [3.8, 4) is 5.75 Å². The summed E-state index contributed by atoms with van der Waals surface area (Å²) in [7, 11) is 0. The van der Waals surface area contributed by atoms with Crippen LogP contribution in [0.3, 0.4) is 0 Å². The minimum atomic E-state index is -2.66. The zero-order valence-electron chi connectivity index (χ0n) is 9.89. The quantitative estimate of drug-likeness (QED) is 0.771. The summed E-state index contributed by atoms with van der Waals surface area (Å²) in [5.41, 5.74) is 0.257. The maximum atomic E-state index is 12.3. The van der Waals surface area contributed by atoms with E-state index in [0.29, 0.717) is 5.56 Å². The van der Waals surface area contributed by atoms with E-state index in [-0.39, 0.29) is 22.3 Å². The minimum Gasteiger partial charge on any atom is -0.508 e. The van der Waals surface area contributed by atoms with Gasteiger partial charge in [0.1, 0.15) is 5.75 Å². The maximum Gasteiger partial charge on any atom is 0.265 e. The van der Waals surface area contributed by atoms with Crippen LogP contribution in [0.2, 0.25) is 5.02 Å². The molecule has 0 aromatic heterocycles. The fraction of sp³-hybridized carbons (Fsp3) is 0.500. The highest BCUT2D eigenvalue weighted by molar-refractivity contribution is 6.31. The molecule has 0 radical (unpaired) electrons. The van der Waals surface area contributed by atoms with Gasteiger partial charge in [-0.15, -0.1) is 0 Å². The largest absolute Gasteiger partial charge is 0.508 e. The highest BCUT2D eigenvalue weighted by Crippen LogP contribution is 2.35. The molecule has 1 N–H and O–H groups in total. The Kier molecular flexibility index (Phi) is 6.34. The van der Waals surface area contributed by atoms with Crippen LogP contribution in [-0.2, 0) is 0 Å². The summed E-state index contributed by atoms with van der Waals surface area (Å²) in [6.07, 6.45) is -2.66. The van der Waals surface area contributed by atoms with Crippen molar-refractivity contribution < 1.29 is 13.9 Å². The Morgan fingerprint density at radius 3 is 2.00 bits per heavy atom. The molecule has 92 valence electrons. The molecule has 1 aromatic carbocycles.